The number of hydrogen-bond acceptors (Lipinski definition) is 2. The van der Waals surface area contributed by atoms with Gasteiger partial charge in [0.05, 0.1) is 16.7 Å². The minimum atomic E-state index is -0.962. The third-order valence-electron chi connectivity index (χ3n) is 2.23. The van der Waals surface area contributed by atoms with E-state index in [0.717, 1.165) is 12.1 Å². The Kier molecular flexibility index (Phi) is 4.03. The van der Waals surface area contributed by atoms with Gasteiger partial charge in [-0.05, 0) is 30.3 Å². The molecule has 2 rings (SSSR count). The molecule has 0 fully saturated rings. The maximum atomic E-state index is 13.6. The van der Waals surface area contributed by atoms with Gasteiger partial charge in [0.2, 0.25) is 0 Å². The second kappa shape index (κ2) is 5.55. The zero-order valence-electron chi connectivity index (χ0n) is 9.25. The Bertz CT molecular complexity index is 662. The third-order valence-corrected chi connectivity index (χ3v) is 3.02. The number of nitrogens with zero attached hydrogens (tertiary/aromatic N) is 1. The summed E-state index contributed by atoms with van der Waals surface area (Å²) in [6.07, 6.45) is 0. The normalized spacial score (nSPS) is 10.1. The maximum Gasteiger partial charge on any atom is 0.198 e. The van der Waals surface area contributed by atoms with Gasteiger partial charge in [-0.15, -0.1) is 0 Å². The lowest BCUT2D eigenvalue weighted by atomic mass is 10.2. The van der Waals surface area contributed by atoms with Crippen molar-refractivity contribution in [1.82, 2.24) is 0 Å². The zero-order valence-corrected chi connectivity index (χ0v) is 11.6. The molecule has 2 aromatic rings. The summed E-state index contributed by atoms with van der Waals surface area (Å²) in [5.41, 5.74) is -0.121. The van der Waals surface area contributed by atoms with E-state index in [1.165, 1.54) is 12.1 Å². The second-order valence-electron chi connectivity index (χ2n) is 3.56. The molecule has 0 aliphatic rings. The summed E-state index contributed by atoms with van der Waals surface area (Å²) < 4.78 is 33.1. The molecular weight excluding hydrogens is 340 g/mol. The smallest absolute Gasteiger partial charge is 0.198 e. The molecule has 2 aromatic carbocycles. The van der Waals surface area contributed by atoms with Crippen molar-refractivity contribution in [2.45, 2.75) is 0 Å². The molecule has 0 saturated carbocycles. The van der Waals surface area contributed by atoms with Crippen molar-refractivity contribution in [2.75, 3.05) is 0 Å². The Morgan fingerprint density at radius 1 is 1.16 bits per heavy atom. The highest BCUT2D eigenvalue weighted by Crippen LogP contribution is 2.34. The van der Waals surface area contributed by atoms with E-state index in [-0.39, 0.29) is 16.3 Å². The van der Waals surface area contributed by atoms with Crippen molar-refractivity contribution >= 4 is 27.5 Å². The number of hydrogen-bond donors (Lipinski definition) is 0. The SMILES string of the molecule is N#Cc1cc(F)c(Oc2ccc(Br)cc2Cl)c(F)c1. The number of nitriles is 1. The van der Waals surface area contributed by atoms with Crippen LogP contribution in [0.15, 0.2) is 34.8 Å². The fourth-order valence-corrected chi connectivity index (χ4v) is 2.10. The van der Waals surface area contributed by atoms with Gasteiger partial charge in [-0.1, -0.05) is 27.5 Å². The number of benzene rings is 2. The summed E-state index contributed by atoms with van der Waals surface area (Å²) in [5.74, 6) is -2.40. The molecule has 0 amide bonds. The van der Waals surface area contributed by atoms with Crippen LogP contribution >= 0.6 is 27.5 Å². The summed E-state index contributed by atoms with van der Waals surface area (Å²) in [7, 11) is 0. The summed E-state index contributed by atoms with van der Waals surface area (Å²) in [6.45, 7) is 0. The lowest BCUT2D eigenvalue weighted by molar-refractivity contribution is 0.407. The van der Waals surface area contributed by atoms with Gasteiger partial charge in [-0.3, -0.25) is 0 Å². The average molecular weight is 345 g/mol. The third kappa shape index (κ3) is 3.03. The number of ether oxygens (including phenoxy) is 1. The molecule has 0 heterocycles. The summed E-state index contributed by atoms with van der Waals surface area (Å²) >= 11 is 9.10. The van der Waals surface area contributed by atoms with Gasteiger partial charge in [0.1, 0.15) is 5.75 Å². The van der Waals surface area contributed by atoms with Gasteiger partial charge in [-0.25, -0.2) is 8.78 Å². The molecule has 0 bridgehead atoms. The highest BCUT2D eigenvalue weighted by molar-refractivity contribution is 9.10. The molecule has 0 atom stereocenters. The van der Waals surface area contributed by atoms with Gasteiger partial charge in [0, 0.05) is 4.47 Å². The second-order valence-corrected chi connectivity index (χ2v) is 4.88. The van der Waals surface area contributed by atoms with Crippen molar-refractivity contribution in [3.63, 3.8) is 0 Å². The van der Waals surface area contributed by atoms with E-state index in [2.05, 4.69) is 15.9 Å². The van der Waals surface area contributed by atoms with Crippen LogP contribution in [-0.2, 0) is 0 Å². The molecule has 2 nitrogen and oxygen atoms in total. The molecular formula is C13H5BrClF2NO. The number of halogens is 4. The van der Waals surface area contributed by atoms with E-state index >= 15 is 0 Å². The molecule has 19 heavy (non-hydrogen) atoms. The summed E-state index contributed by atoms with van der Waals surface area (Å²) in [4.78, 5) is 0. The predicted molar refractivity (Wildman–Crippen MR) is 70.3 cm³/mol. The maximum absolute atomic E-state index is 13.6. The first kappa shape index (κ1) is 13.8. The fourth-order valence-electron chi connectivity index (χ4n) is 1.39. The lowest BCUT2D eigenvalue weighted by Crippen LogP contribution is -1.94. The van der Waals surface area contributed by atoms with Gasteiger partial charge in [0.15, 0.2) is 17.4 Å². The molecule has 0 spiro atoms. The first-order valence-corrected chi connectivity index (χ1v) is 6.20. The Morgan fingerprint density at radius 3 is 2.32 bits per heavy atom. The molecule has 96 valence electrons. The highest BCUT2D eigenvalue weighted by Gasteiger charge is 2.15. The Balaban J connectivity index is 2.41. The molecule has 0 saturated heterocycles. The van der Waals surface area contributed by atoms with Crippen molar-refractivity contribution in [3.05, 3.63) is 57.0 Å². The molecule has 0 unspecified atom stereocenters. The van der Waals surface area contributed by atoms with E-state index in [0.29, 0.717) is 4.47 Å². The van der Waals surface area contributed by atoms with Crippen LogP contribution in [0.5, 0.6) is 11.5 Å². The van der Waals surface area contributed by atoms with Gasteiger partial charge < -0.3 is 4.74 Å². The standard InChI is InChI=1S/C13H5BrClF2NO/c14-8-1-2-12(9(15)5-8)19-13-10(16)3-7(6-18)4-11(13)17/h1-5H. The van der Waals surface area contributed by atoms with Crippen molar-refractivity contribution in [2.24, 2.45) is 0 Å². The van der Waals surface area contributed by atoms with Crippen LogP contribution in [0.2, 0.25) is 5.02 Å². The quantitative estimate of drug-likeness (QED) is 0.764. The molecule has 0 N–H and O–H groups in total. The first-order valence-electron chi connectivity index (χ1n) is 5.03. The molecule has 6 heteroatoms. The molecule has 0 aliphatic carbocycles. The minimum absolute atomic E-state index is 0.118. The zero-order chi connectivity index (χ0) is 14.0. The average Bonchev–Trinajstić information content (AvgIpc) is 2.35. The van der Waals surface area contributed by atoms with E-state index in [9.17, 15) is 8.78 Å². The predicted octanol–water partition coefficient (Wildman–Crippen LogP) is 5.04. The van der Waals surface area contributed by atoms with Crippen LogP contribution in [0.4, 0.5) is 8.78 Å². The topological polar surface area (TPSA) is 33.0 Å². The van der Waals surface area contributed by atoms with Crippen LogP contribution < -0.4 is 4.74 Å². The van der Waals surface area contributed by atoms with Crippen molar-refractivity contribution in [1.29, 1.82) is 5.26 Å². The lowest BCUT2D eigenvalue weighted by Gasteiger charge is -2.09. The molecule has 0 aromatic heterocycles. The Labute approximate surface area is 121 Å². The first-order chi connectivity index (χ1) is 9.01. The van der Waals surface area contributed by atoms with Crippen LogP contribution in [0.3, 0.4) is 0 Å². The van der Waals surface area contributed by atoms with Gasteiger partial charge in [0.25, 0.3) is 0 Å². The van der Waals surface area contributed by atoms with Crippen molar-refractivity contribution in [3.8, 4) is 17.6 Å². The molecule has 0 aliphatic heterocycles. The van der Waals surface area contributed by atoms with Crippen LogP contribution in [0.25, 0.3) is 0 Å². The minimum Gasteiger partial charge on any atom is -0.450 e. The Hall–Kier alpha value is -1.64. The van der Waals surface area contributed by atoms with E-state index in [4.69, 9.17) is 21.6 Å². The summed E-state index contributed by atoms with van der Waals surface area (Å²) in [5, 5.41) is 8.80. The van der Waals surface area contributed by atoms with Crippen LogP contribution in [0, 0.1) is 23.0 Å². The van der Waals surface area contributed by atoms with E-state index in [1.54, 1.807) is 12.1 Å². The van der Waals surface area contributed by atoms with Crippen LogP contribution in [-0.4, -0.2) is 0 Å². The fraction of sp³-hybridized carbons (Fsp3) is 0. The summed E-state index contributed by atoms with van der Waals surface area (Å²) in [6, 6.07) is 8.08. The van der Waals surface area contributed by atoms with Gasteiger partial charge >= 0.3 is 0 Å². The largest absolute Gasteiger partial charge is 0.450 e. The number of rotatable bonds is 2. The van der Waals surface area contributed by atoms with Crippen molar-refractivity contribution < 1.29 is 13.5 Å². The van der Waals surface area contributed by atoms with E-state index in [1.807, 2.05) is 0 Å². The van der Waals surface area contributed by atoms with Crippen LogP contribution in [0.1, 0.15) is 5.56 Å². The van der Waals surface area contributed by atoms with E-state index < -0.39 is 17.4 Å². The molecule has 0 radical (unpaired) electrons. The highest BCUT2D eigenvalue weighted by atomic mass is 79.9. The Morgan fingerprint density at radius 2 is 1.79 bits per heavy atom. The monoisotopic (exact) mass is 343 g/mol. The van der Waals surface area contributed by atoms with Gasteiger partial charge in [-0.2, -0.15) is 5.26 Å².